The lowest BCUT2D eigenvalue weighted by molar-refractivity contribution is 0.435. The van der Waals surface area contributed by atoms with Gasteiger partial charge in [-0.3, -0.25) is 0 Å². The van der Waals surface area contributed by atoms with Gasteiger partial charge in [-0.25, -0.2) is 0 Å². The Hall–Kier alpha value is -1.04. The van der Waals surface area contributed by atoms with Crippen LogP contribution in [0.4, 0.5) is 0 Å². The first-order chi connectivity index (χ1) is 9.88. The van der Waals surface area contributed by atoms with Crippen LogP contribution in [0.2, 0.25) is 0 Å². The molecular weight excluding hydrogens is 240 g/mol. The molecule has 3 rings (SSSR count). The van der Waals surface area contributed by atoms with Crippen LogP contribution < -0.4 is 0 Å². The summed E-state index contributed by atoms with van der Waals surface area (Å²) in [4.78, 5) is 0. The second-order valence-corrected chi connectivity index (χ2v) is 6.76. The Morgan fingerprint density at radius 3 is 2.00 bits per heavy atom. The molecule has 0 radical (unpaired) electrons. The lowest BCUT2D eigenvalue weighted by Crippen LogP contribution is -2.09. The van der Waals surface area contributed by atoms with E-state index in [9.17, 15) is 0 Å². The number of hydrogen-bond donors (Lipinski definition) is 0. The standard InChI is InChI=1S/C20H28/c1-2-16-13-14-19(17-9-5-3-6-10-17)15-20(16)18-11-7-4-8-12-18/h2,13-15,17-18H,1,3-12H2. The monoisotopic (exact) mass is 268 g/mol. The average Bonchev–Trinajstić information content (AvgIpc) is 2.56. The summed E-state index contributed by atoms with van der Waals surface area (Å²) in [7, 11) is 0. The summed E-state index contributed by atoms with van der Waals surface area (Å²) in [5.41, 5.74) is 4.59. The summed E-state index contributed by atoms with van der Waals surface area (Å²) >= 11 is 0. The van der Waals surface area contributed by atoms with Gasteiger partial charge in [0.1, 0.15) is 0 Å². The summed E-state index contributed by atoms with van der Waals surface area (Å²) in [6.45, 7) is 4.03. The van der Waals surface area contributed by atoms with Crippen LogP contribution in [0.15, 0.2) is 24.8 Å². The minimum atomic E-state index is 0.792. The van der Waals surface area contributed by atoms with Crippen LogP contribution in [0.5, 0.6) is 0 Å². The molecule has 0 saturated heterocycles. The largest absolute Gasteiger partial charge is 0.0985 e. The van der Waals surface area contributed by atoms with Gasteiger partial charge >= 0.3 is 0 Å². The molecule has 0 amide bonds. The van der Waals surface area contributed by atoms with Gasteiger partial charge in [-0.15, -0.1) is 0 Å². The van der Waals surface area contributed by atoms with Crippen LogP contribution in [0.3, 0.4) is 0 Å². The Labute approximate surface area is 124 Å². The molecule has 0 bridgehead atoms. The van der Waals surface area contributed by atoms with Crippen molar-refractivity contribution in [2.24, 2.45) is 0 Å². The lowest BCUT2D eigenvalue weighted by Gasteiger charge is -2.27. The van der Waals surface area contributed by atoms with Crippen molar-refractivity contribution in [3.8, 4) is 0 Å². The van der Waals surface area contributed by atoms with Crippen molar-refractivity contribution in [3.05, 3.63) is 41.5 Å². The molecule has 1 aromatic rings. The predicted octanol–water partition coefficient (Wildman–Crippen LogP) is 6.43. The molecular formula is C20H28. The Balaban J connectivity index is 1.87. The van der Waals surface area contributed by atoms with Crippen molar-refractivity contribution in [1.29, 1.82) is 0 Å². The van der Waals surface area contributed by atoms with Crippen molar-refractivity contribution in [2.75, 3.05) is 0 Å². The highest BCUT2D eigenvalue weighted by molar-refractivity contribution is 5.54. The number of rotatable bonds is 3. The highest BCUT2D eigenvalue weighted by Crippen LogP contribution is 2.38. The quantitative estimate of drug-likeness (QED) is 0.593. The summed E-state index contributed by atoms with van der Waals surface area (Å²) in [5.74, 6) is 1.62. The number of benzene rings is 1. The average molecular weight is 268 g/mol. The first-order valence-electron chi connectivity index (χ1n) is 8.65. The van der Waals surface area contributed by atoms with Crippen LogP contribution in [0.25, 0.3) is 6.08 Å². The Morgan fingerprint density at radius 1 is 0.800 bits per heavy atom. The fourth-order valence-electron chi connectivity index (χ4n) is 4.24. The highest BCUT2D eigenvalue weighted by Gasteiger charge is 2.21. The van der Waals surface area contributed by atoms with E-state index in [-0.39, 0.29) is 0 Å². The molecule has 0 aromatic heterocycles. The third-order valence-corrected chi connectivity index (χ3v) is 5.45. The van der Waals surface area contributed by atoms with E-state index in [1.54, 1.807) is 11.1 Å². The second-order valence-electron chi connectivity index (χ2n) is 6.76. The minimum Gasteiger partial charge on any atom is -0.0985 e. The van der Waals surface area contributed by atoms with Crippen LogP contribution in [-0.2, 0) is 0 Å². The third kappa shape index (κ3) is 3.00. The maximum absolute atomic E-state index is 4.03. The molecule has 108 valence electrons. The highest BCUT2D eigenvalue weighted by atomic mass is 14.3. The van der Waals surface area contributed by atoms with E-state index in [1.807, 2.05) is 0 Å². The SMILES string of the molecule is C=Cc1ccc(C2CCCCC2)cc1C1CCCCC1. The molecule has 0 unspecified atom stereocenters. The maximum atomic E-state index is 4.03. The Kier molecular flexibility index (Phi) is 4.60. The van der Waals surface area contributed by atoms with Crippen molar-refractivity contribution in [3.63, 3.8) is 0 Å². The van der Waals surface area contributed by atoms with E-state index < -0.39 is 0 Å². The van der Waals surface area contributed by atoms with Gasteiger partial charge in [0.25, 0.3) is 0 Å². The molecule has 2 fully saturated rings. The third-order valence-electron chi connectivity index (χ3n) is 5.45. The van der Waals surface area contributed by atoms with Crippen molar-refractivity contribution in [1.82, 2.24) is 0 Å². The van der Waals surface area contributed by atoms with Crippen LogP contribution in [0, 0.1) is 0 Å². The molecule has 2 saturated carbocycles. The zero-order chi connectivity index (χ0) is 13.8. The van der Waals surface area contributed by atoms with Gasteiger partial charge < -0.3 is 0 Å². The molecule has 0 N–H and O–H groups in total. The lowest BCUT2D eigenvalue weighted by atomic mass is 9.78. The fraction of sp³-hybridized carbons (Fsp3) is 0.600. The molecule has 1 aromatic carbocycles. The summed E-state index contributed by atoms with van der Waals surface area (Å²) in [6.07, 6.45) is 16.2. The normalized spacial score (nSPS) is 21.8. The molecule has 0 spiro atoms. The molecule has 2 aliphatic rings. The zero-order valence-electron chi connectivity index (χ0n) is 12.7. The van der Waals surface area contributed by atoms with Crippen molar-refractivity contribution >= 4 is 6.08 Å². The predicted molar refractivity (Wildman–Crippen MR) is 88.2 cm³/mol. The van der Waals surface area contributed by atoms with Gasteiger partial charge in [-0.1, -0.05) is 69.4 Å². The summed E-state index contributed by atoms with van der Waals surface area (Å²) in [5, 5.41) is 0. The first-order valence-corrected chi connectivity index (χ1v) is 8.65. The Bertz CT molecular complexity index is 445. The van der Waals surface area contributed by atoms with Gasteiger partial charge in [0.2, 0.25) is 0 Å². The van der Waals surface area contributed by atoms with E-state index in [1.165, 1.54) is 69.8 Å². The van der Waals surface area contributed by atoms with Crippen molar-refractivity contribution in [2.45, 2.75) is 76.0 Å². The van der Waals surface area contributed by atoms with Gasteiger partial charge in [-0.05, 0) is 54.2 Å². The van der Waals surface area contributed by atoms with Crippen LogP contribution >= 0.6 is 0 Å². The van der Waals surface area contributed by atoms with Crippen LogP contribution in [0.1, 0.15) is 92.7 Å². The van der Waals surface area contributed by atoms with Crippen LogP contribution in [-0.4, -0.2) is 0 Å². The molecule has 0 heteroatoms. The molecule has 2 aliphatic carbocycles. The van der Waals surface area contributed by atoms with Gasteiger partial charge in [0.05, 0.1) is 0 Å². The second kappa shape index (κ2) is 6.61. The van der Waals surface area contributed by atoms with E-state index in [4.69, 9.17) is 0 Å². The smallest absolute Gasteiger partial charge is 0.0156 e. The van der Waals surface area contributed by atoms with Crippen molar-refractivity contribution < 1.29 is 0 Å². The maximum Gasteiger partial charge on any atom is -0.0156 e. The topological polar surface area (TPSA) is 0 Å². The van der Waals surface area contributed by atoms with E-state index in [2.05, 4.69) is 30.9 Å². The number of hydrogen-bond acceptors (Lipinski definition) is 0. The van der Waals surface area contributed by atoms with Gasteiger partial charge in [0.15, 0.2) is 0 Å². The molecule has 0 atom stereocenters. The molecule has 0 aliphatic heterocycles. The molecule has 0 heterocycles. The summed E-state index contributed by atoms with van der Waals surface area (Å²) < 4.78 is 0. The first kappa shape index (κ1) is 13.9. The van der Waals surface area contributed by atoms with Gasteiger partial charge in [0, 0.05) is 0 Å². The van der Waals surface area contributed by atoms with E-state index in [0.717, 1.165) is 11.8 Å². The Morgan fingerprint density at radius 2 is 1.40 bits per heavy atom. The van der Waals surface area contributed by atoms with E-state index >= 15 is 0 Å². The fourth-order valence-corrected chi connectivity index (χ4v) is 4.24. The van der Waals surface area contributed by atoms with E-state index in [0.29, 0.717) is 0 Å². The minimum absolute atomic E-state index is 0.792. The zero-order valence-corrected chi connectivity index (χ0v) is 12.7. The molecule has 20 heavy (non-hydrogen) atoms. The van der Waals surface area contributed by atoms with Gasteiger partial charge in [-0.2, -0.15) is 0 Å². The molecule has 0 nitrogen and oxygen atoms in total. The summed E-state index contributed by atoms with van der Waals surface area (Å²) in [6, 6.07) is 7.25.